The van der Waals surface area contributed by atoms with Gasteiger partial charge in [0.15, 0.2) is 0 Å². The van der Waals surface area contributed by atoms with Gasteiger partial charge in [0.05, 0.1) is 13.2 Å². The number of ether oxygens (including phenoxy) is 2. The van der Waals surface area contributed by atoms with Gasteiger partial charge in [-0.2, -0.15) is 0 Å². The first-order valence-corrected chi connectivity index (χ1v) is 10.4. The average Bonchev–Trinajstić information content (AvgIpc) is 2.75. The van der Waals surface area contributed by atoms with Crippen LogP contribution in [0.25, 0.3) is 0 Å². The zero-order chi connectivity index (χ0) is 20.6. The Morgan fingerprint density at radius 3 is 2.00 bits per heavy atom. The molecule has 1 N–H and O–H groups in total. The molecule has 29 heavy (non-hydrogen) atoms. The van der Waals surface area contributed by atoms with E-state index in [4.69, 9.17) is 9.47 Å². The van der Waals surface area contributed by atoms with Crippen LogP contribution < -0.4 is 19.7 Å². The van der Waals surface area contributed by atoms with Gasteiger partial charge in [0, 0.05) is 49.2 Å². The molecular formula is C23H31N3O3. The summed E-state index contributed by atoms with van der Waals surface area (Å²) in [6.07, 6.45) is 0. The summed E-state index contributed by atoms with van der Waals surface area (Å²) < 4.78 is 11.1. The molecule has 1 aliphatic rings. The summed E-state index contributed by atoms with van der Waals surface area (Å²) in [5, 5.41) is 2.97. The smallest absolute Gasteiger partial charge is 0.255 e. The van der Waals surface area contributed by atoms with Crippen molar-refractivity contribution in [2.24, 2.45) is 0 Å². The Labute approximate surface area is 173 Å². The quantitative estimate of drug-likeness (QED) is 0.733. The van der Waals surface area contributed by atoms with Crippen LogP contribution in [-0.4, -0.2) is 56.7 Å². The highest BCUT2D eigenvalue weighted by molar-refractivity contribution is 6.04. The Morgan fingerprint density at radius 2 is 1.48 bits per heavy atom. The monoisotopic (exact) mass is 397 g/mol. The van der Waals surface area contributed by atoms with E-state index in [1.807, 2.05) is 26.0 Å². The Kier molecular flexibility index (Phi) is 7.36. The Hall–Kier alpha value is -2.73. The second-order valence-corrected chi connectivity index (χ2v) is 6.98. The molecule has 2 aromatic rings. The van der Waals surface area contributed by atoms with E-state index in [-0.39, 0.29) is 5.91 Å². The second kappa shape index (κ2) is 10.2. The molecule has 6 nitrogen and oxygen atoms in total. The molecule has 1 amide bonds. The van der Waals surface area contributed by atoms with E-state index in [2.05, 4.69) is 34.2 Å². The van der Waals surface area contributed by atoms with Gasteiger partial charge in [0.1, 0.15) is 11.5 Å². The minimum atomic E-state index is -0.184. The maximum absolute atomic E-state index is 12.7. The average molecular weight is 398 g/mol. The van der Waals surface area contributed by atoms with Crippen LogP contribution in [0.5, 0.6) is 11.5 Å². The molecule has 1 saturated heterocycles. The van der Waals surface area contributed by atoms with Crippen LogP contribution in [0, 0.1) is 0 Å². The van der Waals surface area contributed by atoms with Crippen LogP contribution in [0.4, 0.5) is 11.4 Å². The van der Waals surface area contributed by atoms with Gasteiger partial charge >= 0.3 is 0 Å². The van der Waals surface area contributed by atoms with Gasteiger partial charge in [-0.25, -0.2) is 0 Å². The predicted octanol–water partition coefficient (Wildman–Crippen LogP) is 3.88. The van der Waals surface area contributed by atoms with Crippen molar-refractivity contribution >= 4 is 17.3 Å². The zero-order valence-electron chi connectivity index (χ0n) is 17.6. The third kappa shape index (κ3) is 5.64. The maximum Gasteiger partial charge on any atom is 0.255 e. The van der Waals surface area contributed by atoms with Gasteiger partial charge in [-0.1, -0.05) is 6.92 Å². The summed E-state index contributed by atoms with van der Waals surface area (Å²) in [6, 6.07) is 13.3. The van der Waals surface area contributed by atoms with E-state index in [0.29, 0.717) is 30.3 Å². The molecule has 0 unspecified atom stereocenters. The summed E-state index contributed by atoms with van der Waals surface area (Å²) in [4.78, 5) is 17.6. The lowest BCUT2D eigenvalue weighted by Gasteiger charge is -2.35. The van der Waals surface area contributed by atoms with Crippen LogP contribution in [0.1, 0.15) is 31.1 Å². The molecule has 156 valence electrons. The summed E-state index contributed by atoms with van der Waals surface area (Å²) >= 11 is 0. The number of anilines is 2. The van der Waals surface area contributed by atoms with Crippen molar-refractivity contribution in [2.75, 3.05) is 56.2 Å². The first-order valence-electron chi connectivity index (χ1n) is 10.4. The first kappa shape index (κ1) is 21.0. The molecule has 0 aliphatic carbocycles. The Morgan fingerprint density at radius 1 is 0.897 bits per heavy atom. The summed E-state index contributed by atoms with van der Waals surface area (Å²) in [5.41, 5.74) is 2.47. The Bertz CT molecular complexity index is 775. The lowest BCUT2D eigenvalue weighted by atomic mass is 10.1. The lowest BCUT2D eigenvalue weighted by molar-refractivity contribution is 0.102. The highest BCUT2D eigenvalue weighted by Gasteiger charge is 2.16. The minimum Gasteiger partial charge on any atom is -0.494 e. The van der Waals surface area contributed by atoms with Crippen molar-refractivity contribution in [1.29, 1.82) is 0 Å². The number of rotatable bonds is 8. The molecule has 2 aromatic carbocycles. The van der Waals surface area contributed by atoms with Crippen LogP contribution >= 0.6 is 0 Å². The minimum absolute atomic E-state index is 0.184. The molecule has 0 saturated carbocycles. The molecule has 0 aromatic heterocycles. The molecule has 0 radical (unpaired) electrons. The molecule has 1 heterocycles. The standard InChI is InChI=1S/C23H31N3O3/c1-4-25-11-13-26(14-12-25)20-9-7-19(8-10-20)24-23(27)18-15-21(28-5-2)17-22(16-18)29-6-3/h7-10,15-17H,4-6,11-14H2,1-3H3,(H,24,27). The highest BCUT2D eigenvalue weighted by Crippen LogP contribution is 2.25. The van der Waals surface area contributed by atoms with Gasteiger partial charge in [0.2, 0.25) is 0 Å². The number of piperazine rings is 1. The molecule has 3 rings (SSSR count). The number of benzene rings is 2. The number of hydrogen-bond acceptors (Lipinski definition) is 5. The molecule has 1 aliphatic heterocycles. The number of nitrogens with zero attached hydrogens (tertiary/aromatic N) is 2. The number of carbonyl (C=O) groups excluding carboxylic acids is 1. The molecule has 1 fully saturated rings. The van der Waals surface area contributed by atoms with Crippen molar-refractivity contribution in [3.8, 4) is 11.5 Å². The van der Waals surface area contributed by atoms with E-state index in [0.717, 1.165) is 38.4 Å². The number of amides is 1. The van der Waals surface area contributed by atoms with E-state index in [9.17, 15) is 4.79 Å². The van der Waals surface area contributed by atoms with E-state index in [1.165, 1.54) is 5.69 Å². The fourth-order valence-corrected chi connectivity index (χ4v) is 3.48. The van der Waals surface area contributed by atoms with Crippen molar-refractivity contribution in [3.05, 3.63) is 48.0 Å². The lowest BCUT2D eigenvalue weighted by Crippen LogP contribution is -2.46. The number of likely N-dealkylation sites (N-methyl/N-ethyl adjacent to an activating group) is 1. The SMILES string of the molecule is CCOc1cc(OCC)cc(C(=O)Nc2ccc(N3CCN(CC)CC3)cc2)c1. The summed E-state index contributed by atoms with van der Waals surface area (Å²) in [7, 11) is 0. The van der Waals surface area contributed by atoms with Crippen LogP contribution in [0.15, 0.2) is 42.5 Å². The first-order chi connectivity index (χ1) is 14.1. The van der Waals surface area contributed by atoms with E-state index in [1.54, 1.807) is 18.2 Å². The second-order valence-electron chi connectivity index (χ2n) is 6.98. The predicted molar refractivity (Wildman–Crippen MR) is 118 cm³/mol. The number of carbonyl (C=O) groups is 1. The van der Waals surface area contributed by atoms with Gasteiger partial charge < -0.3 is 24.6 Å². The summed E-state index contributed by atoms with van der Waals surface area (Å²) in [5.74, 6) is 1.08. The van der Waals surface area contributed by atoms with Gasteiger partial charge in [-0.15, -0.1) is 0 Å². The molecule has 6 heteroatoms. The van der Waals surface area contributed by atoms with Crippen molar-refractivity contribution in [3.63, 3.8) is 0 Å². The third-order valence-corrected chi connectivity index (χ3v) is 5.07. The van der Waals surface area contributed by atoms with Crippen molar-refractivity contribution in [1.82, 2.24) is 4.90 Å². The van der Waals surface area contributed by atoms with Crippen LogP contribution in [0.3, 0.4) is 0 Å². The number of nitrogens with one attached hydrogen (secondary N) is 1. The van der Waals surface area contributed by atoms with Gasteiger partial charge in [-0.05, 0) is 56.8 Å². The highest BCUT2D eigenvalue weighted by atomic mass is 16.5. The van der Waals surface area contributed by atoms with Gasteiger partial charge in [-0.3, -0.25) is 4.79 Å². The molecular weight excluding hydrogens is 366 g/mol. The van der Waals surface area contributed by atoms with Crippen molar-refractivity contribution < 1.29 is 14.3 Å². The van der Waals surface area contributed by atoms with E-state index < -0.39 is 0 Å². The fourth-order valence-electron chi connectivity index (χ4n) is 3.48. The molecule has 0 atom stereocenters. The van der Waals surface area contributed by atoms with Crippen molar-refractivity contribution in [2.45, 2.75) is 20.8 Å². The maximum atomic E-state index is 12.7. The topological polar surface area (TPSA) is 54.0 Å². The normalized spacial score (nSPS) is 14.5. The van der Waals surface area contributed by atoms with E-state index >= 15 is 0 Å². The fraction of sp³-hybridized carbons (Fsp3) is 0.435. The number of hydrogen-bond donors (Lipinski definition) is 1. The molecule has 0 bridgehead atoms. The van der Waals surface area contributed by atoms with Gasteiger partial charge in [0.25, 0.3) is 5.91 Å². The van der Waals surface area contributed by atoms with Crippen LogP contribution in [0.2, 0.25) is 0 Å². The molecule has 0 spiro atoms. The zero-order valence-corrected chi connectivity index (χ0v) is 17.6. The Balaban J connectivity index is 1.66. The summed E-state index contributed by atoms with van der Waals surface area (Å²) in [6.45, 7) is 12.4. The largest absolute Gasteiger partial charge is 0.494 e. The van der Waals surface area contributed by atoms with Crippen LogP contribution in [-0.2, 0) is 0 Å². The third-order valence-electron chi connectivity index (χ3n) is 5.07.